The molecule has 1 atom stereocenters. The van der Waals surface area contributed by atoms with E-state index in [1.807, 2.05) is 13.8 Å². The maximum atomic E-state index is 13.5. The standard InChI is InChI=1S/C23H23ClFNO5/c1-13(2)31-11-10-26-20(14-4-7-16(25)8-5-14)19(22(28)23(26)29)21(27)15-6-9-17(24)18(12-15)30-3/h4-9,12-13,20,27H,10-11H2,1-3H3/b21-19-. The van der Waals surface area contributed by atoms with Crippen molar-refractivity contribution < 1.29 is 28.6 Å². The fraction of sp³-hybridized carbons (Fsp3) is 0.304. The quantitative estimate of drug-likeness (QED) is 0.388. The van der Waals surface area contributed by atoms with E-state index in [1.54, 1.807) is 0 Å². The predicted octanol–water partition coefficient (Wildman–Crippen LogP) is 4.33. The highest BCUT2D eigenvalue weighted by Crippen LogP contribution is 2.40. The molecule has 1 saturated heterocycles. The van der Waals surface area contributed by atoms with Crippen LogP contribution in [0.15, 0.2) is 48.0 Å². The Balaban J connectivity index is 2.11. The first-order valence-electron chi connectivity index (χ1n) is 9.74. The number of ether oxygens (including phenoxy) is 2. The molecule has 6 nitrogen and oxygen atoms in total. The molecular weight excluding hydrogens is 425 g/mol. The van der Waals surface area contributed by atoms with Gasteiger partial charge in [-0.1, -0.05) is 23.7 Å². The van der Waals surface area contributed by atoms with Gasteiger partial charge in [-0.3, -0.25) is 9.59 Å². The minimum atomic E-state index is -0.891. The summed E-state index contributed by atoms with van der Waals surface area (Å²) < 4.78 is 24.2. The van der Waals surface area contributed by atoms with E-state index in [1.165, 1.54) is 54.5 Å². The molecule has 0 radical (unpaired) electrons. The van der Waals surface area contributed by atoms with Crippen LogP contribution in [-0.4, -0.2) is 48.1 Å². The number of Topliss-reactive ketones (excluding diaryl/α,β-unsaturated/α-hetero) is 1. The molecule has 2 aromatic rings. The lowest BCUT2D eigenvalue weighted by Gasteiger charge is -2.25. The third-order valence-electron chi connectivity index (χ3n) is 4.93. The summed E-state index contributed by atoms with van der Waals surface area (Å²) in [6.45, 7) is 4.06. The van der Waals surface area contributed by atoms with E-state index in [0.717, 1.165) is 0 Å². The van der Waals surface area contributed by atoms with Crippen LogP contribution in [0.5, 0.6) is 5.75 Å². The number of ketones is 1. The van der Waals surface area contributed by atoms with Crippen LogP contribution in [0.3, 0.4) is 0 Å². The summed E-state index contributed by atoms with van der Waals surface area (Å²) in [5, 5.41) is 11.3. The molecule has 1 heterocycles. The van der Waals surface area contributed by atoms with Gasteiger partial charge in [0.2, 0.25) is 0 Å². The van der Waals surface area contributed by atoms with E-state index in [2.05, 4.69) is 0 Å². The van der Waals surface area contributed by atoms with E-state index >= 15 is 0 Å². The van der Waals surface area contributed by atoms with Gasteiger partial charge < -0.3 is 19.5 Å². The lowest BCUT2D eigenvalue weighted by Crippen LogP contribution is -2.33. The molecule has 3 rings (SSSR count). The largest absolute Gasteiger partial charge is 0.507 e. The van der Waals surface area contributed by atoms with Gasteiger partial charge in [0.1, 0.15) is 17.3 Å². The Morgan fingerprint density at radius 2 is 1.87 bits per heavy atom. The van der Waals surface area contributed by atoms with E-state index in [-0.39, 0.29) is 36.2 Å². The Labute approximate surface area is 184 Å². The average Bonchev–Trinajstić information content (AvgIpc) is 2.99. The zero-order chi connectivity index (χ0) is 22.7. The van der Waals surface area contributed by atoms with Crippen molar-refractivity contribution >= 4 is 29.1 Å². The van der Waals surface area contributed by atoms with Crippen molar-refractivity contribution in [2.75, 3.05) is 20.3 Å². The van der Waals surface area contributed by atoms with Crippen LogP contribution in [0.2, 0.25) is 5.02 Å². The fourth-order valence-corrected chi connectivity index (χ4v) is 3.65. The number of rotatable bonds is 7. The first-order valence-corrected chi connectivity index (χ1v) is 10.1. The number of halogens is 2. The molecule has 0 aliphatic carbocycles. The first kappa shape index (κ1) is 22.8. The minimum Gasteiger partial charge on any atom is -0.507 e. The normalized spacial score (nSPS) is 18.1. The summed E-state index contributed by atoms with van der Waals surface area (Å²) in [5.74, 6) is -2.10. The van der Waals surface area contributed by atoms with Crippen molar-refractivity contribution in [1.29, 1.82) is 0 Å². The molecule has 1 N–H and O–H groups in total. The zero-order valence-corrected chi connectivity index (χ0v) is 18.1. The van der Waals surface area contributed by atoms with Gasteiger partial charge in [-0.15, -0.1) is 0 Å². The highest BCUT2D eigenvalue weighted by atomic mass is 35.5. The second-order valence-electron chi connectivity index (χ2n) is 7.31. The number of nitrogens with zero attached hydrogens (tertiary/aromatic N) is 1. The van der Waals surface area contributed by atoms with Gasteiger partial charge in [0.25, 0.3) is 11.7 Å². The number of likely N-dealkylation sites (tertiary alicyclic amines) is 1. The molecule has 1 unspecified atom stereocenters. The summed E-state index contributed by atoms with van der Waals surface area (Å²) in [5.41, 5.74) is 0.669. The molecule has 1 aliphatic rings. The number of carbonyl (C=O) groups excluding carboxylic acids is 2. The van der Waals surface area contributed by atoms with Crippen LogP contribution >= 0.6 is 11.6 Å². The fourth-order valence-electron chi connectivity index (χ4n) is 3.45. The van der Waals surface area contributed by atoms with E-state index < -0.39 is 23.5 Å². The minimum absolute atomic E-state index is 0.0531. The molecule has 0 saturated carbocycles. The van der Waals surface area contributed by atoms with Crippen LogP contribution < -0.4 is 4.74 Å². The summed E-state index contributed by atoms with van der Waals surface area (Å²) in [6, 6.07) is 9.09. The molecule has 8 heteroatoms. The monoisotopic (exact) mass is 447 g/mol. The van der Waals surface area contributed by atoms with Gasteiger partial charge in [-0.2, -0.15) is 0 Å². The zero-order valence-electron chi connectivity index (χ0n) is 17.4. The van der Waals surface area contributed by atoms with Gasteiger partial charge in [-0.05, 0) is 49.7 Å². The van der Waals surface area contributed by atoms with Crippen molar-refractivity contribution in [3.63, 3.8) is 0 Å². The van der Waals surface area contributed by atoms with Crippen molar-refractivity contribution in [3.05, 3.63) is 70.0 Å². The summed E-state index contributed by atoms with van der Waals surface area (Å²) in [6.07, 6.45) is -0.0531. The number of amides is 1. The van der Waals surface area contributed by atoms with Gasteiger partial charge >= 0.3 is 0 Å². The number of aliphatic hydroxyl groups excluding tert-OH is 1. The van der Waals surface area contributed by atoms with Crippen LogP contribution in [0, 0.1) is 5.82 Å². The smallest absolute Gasteiger partial charge is 0.295 e. The summed E-state index contributed by atoms with van der Waals surface area (Å²) in [7, 11) is 1.43. The molecular formula is C23H23ClFNO5. The van der Waals surface area contributed by atoms with Gasteiger partial charge in [0.15, 0.2) is 0 Å². The number of hydrogen-bond donors (Lipinski definition) is 1. The number of methoxy groups -OCH3 is 1. The van der Waals surface area contributed by atoms with E-state index in [4.69, 9.17) is 21.1 Å². The maximum Gasteiger partial charge on any atom is 0.295 e. The third kappa shape index (κ3) is 4.73. The highest BCUT2D eigenvalue weighted by molar-refractivity contribution is 6.46. The van der Waals surface area contributed by atoms with Crippen molar-refractivity contribution in [3.8, 4) is 5.75 Å². The first-order chi connectivity index (χ1) is 14.7. The topological polar surface area (TPSA) is 76.1 Å². The summed E-state index contributed by atoms with van der Waals surface area (Å²) in [4.78, 5) is 27.1. The molecule has 0 aromatic heterocycles. The van der Waals surface area contributed by atoms with E-state index in [0.29, 0.717) is 16.3 Å². The molecule has 0 bridgehead atoms. The maximum absolute atomic E-state index is 13.5. The van der Waals surface area contributed by atoms with Crippen molar-refractivity contribution in [2.45, 2.75) is 26.0 Å². The molecule has 31 heavy (non-hydrogen) atoms. The van der Waals surface area contributed by atoms with Crippen LogP contribution in [0.1, 0.15) is 31.0 Å². The number of aliphatic hydroxyl groups is 1. The highest BCUT2D eigenvalue weighted by Gasteiger charge is 2.46. The Kier molecular flexibility index (Phi) is 6.97. The second-order valence-corrected chi connectivity index (χ2v) is 7.72. The van der Waals surface area contributed by atoms with Crippen LogP contribution in [0.4, 0.5) is 4.39 Å². The van der Waals surface area contributed by atoms with Gasteiger partial charge in [0, 0.05) is 12.1 Å². The Hall–Kier alpha value is -2.90. The van der Waals surface area contributed by atoms with Gasteiger partial charge in [0.05, 0.1) is 36.5 Å². The van der Waals surface area contributed by atoms with Crippen molar-refractivity contribution in [1.82, 2.24) is 4.90 Å². The predicted molar refractivity (Wildman–Crippen MR) is 115 cm³/mol. The Bertz CT molecular complexity index is 1020. The van der Waals surface area contributed by atoms with Crippen LogP contribution in [0.25, 0.3) is 5.76 Å². The molecule has 0 spiro atoms. The molecule has 164 valence electrons. The lowest BCUT2D eigenvalue weighted by molar-refractivity contribution is -0.140. The lowest BCUT2D eigenvalue weighted by atomic mass is 9.95. The third-order valence-corrected chi connectivity index (χ3v) is 5.25. The molecule has 2 aromatic carbocycles. The molecule has 1 amide bonds. The van der Waals surface area contributed by atoms with Crippen LogP contribution in [-0.2, 0) is 14.3 Å². The average molecular weight is 448 g/mol. The Morgan fingerprint density at radius 1 is 1.19 bits per heavy atom. The molecule has 1 fully saturated rings. The molecule has 1 aliphatic heterocycles. The van der Waals surface area contributed by atoms with E-state index in [9.17, 15) is 19.1 Å². The SMILES string of the molecule is COc1cc(/C(O)=C2/C(=O)C(=O)N(CCOC(C)C)C2c2ccc(F)cc2)ccc1Cl. The number of carbonyl (C=O) groups is 2. The van der Waals surface area contributed by atoms with Crippen molar-refractivity contribution in [2.24, 2.45) is 0 Å². The number of benzene rings is 2. The second kappa shape index (κ2) is 9.49. The van der Waals surface area contributed by atoms with Gasteiger partial charge in [-0.25, -0.2) is 4.39 Å². The Morgan fingerprint density at radius 3 is 2.48 bits per heavy atom. The summed E-state index contributed by atoms with van der Waals surface area (Å²) >= 11 is 6.06. The number of hydrogen-bond acceptors (Lipinski definition) is 5.